The SMILES string of the molecule is Cl.NC1CCC2CN(C(=O)C3CCCN3S(=O)(=O)c3ccccc3)CC12. The first-order valence-electron chi connectivity index (χ1n) is 9.10. The number of fused-ring (bicyclic) bond motifs is 1. The van der Waals surface area contributed by atoms with E-state index in [1.54, 1.807) is 30.3 Å². The van der Waals surface area contributed by atoms with Crippen molar-refractivity contribution in [1.29, 1.82) is 0 Å². The van der Waals surface area contributed by atoms with Gasteiger partial charge in [0.05, 0.1) is 4.90 Å². The molecule has 144 valence electrons. The molecule has 4 unspecified atom stereocenters. The van der Waals surface area contributed by atoms with Crippen LogP contribution in [0.15, 0.2) is 35.2 Å². The topological polar surface area (TPSA) is 83.7 Å². The van der Waals surface area contributed by atoms with Crippen LogP contribution in [0.3, 0.4) is 0 Å². The lowest BCUT2D eigenvalue weighted by Gasteiger charge is -2.28. The fourth-order valence-electron chi connectivity index (χ4n) is 4.70. The number of sulfonamides is 1. The van der Waals surface area contributed by atoms with Gasteiger partial charge in [-0.05, 0) is 49.7 Å². The van der Waals surface area contributed by atoms with E-state index in [0.29, 0.717) is 31.3 Å². The normalized spacial score (nSPS) is 31.7. The molecule has 4 atom stereocenters. The first kappa shape index (κ1) is 19.6. The minimum atomic E-state index is -3.63. The minimum Gasteiger partial charge on any atom is -0.341 e. The second kappa shape index (κ2) is 7.46. The maximum Gasteiger partial charge on any atom is 0.243 e. The lowest BCUT2D eigenvalue weighted by Crippen LogP contribution is -2.47. The van der Waals surface area contributed by atoms with Crippen LogP contribution in [0, 0.1) is 11.8 Å². The minimum absolute atomic E-state index is 0. The molecule has 0 bridgehead atoms. The predicted octanol–water partition coefficient (Wildman–Crippen LogP) is 1.46. The van der Waals surface area contributed by atoms with Crippen molar-refractivity contribution in [3.05, 3.63) is 30.3 Å². The van der Waals surface area contributed by atoms with Crippen molar-refractivity contribution in [2.24, 2.45) is 17.6 Å². The van der Waals surface area contributed by atoms with E-state index >= 15 is 0 Å². The van der Waals surface area contributed by atoms with Crippen LogP contribution in [0.4, 0.5) is 0 Å². The number of nitrogens with two attached hydrogens (primary N) is 1. The quantitative estimate of drug-likeness (QED) is 0.833. The fraction of sp³-hybridized carbons (Fsp3) is 0.611. The van der Waals surface area contributed by atoms with E-state index in [-0.39, 0.29) is 29.3 Å². The zero-order valence-corrected chi connectivity index (χ0v) is 16.3. The van der Waals surface area contributed by atoms with E-state index in [1.807, 2.05) is 4.90 Å². The molecule has 1 aromatic carbocycles. The van der Waals surface area contributed by atoms with Crippen molar-refractivity contribution < 1.29 is 13.2 Å². The third-order valence-electron chi connectivity index (χ3n) is 6.06. The van der Waals surface area contributed by atoms with Crippen molar-refractivity contribution in [2.45, 2.75) is 42.7 Å². The van der Waals surface area contributed by atoms with Gasteiger partial charge in [-0.3, -0.25) is 4.79 Å². The molecule has 0 aromatic heterocycles. The average molecular weight is 400 g/mol. The predicted molar refractivity (Wildman–Crippen MR) is 101 cm³/mol. The number of rotatable bonds is 3. The Morgan fingerprint density at radius 3 is 2.50 bits per heavy atom. The summed E-state index contributed by atoms with van der Waals surface area (Å²) in [5, 5.41) is 0. The Kier molecular flexibility index (Phi) is 5.63. The van der Waals surface area contributed by atoms with Gasteiger partial charge in [-0.1, -0.05) is 18.2 Å². The Morgan fingerprint density at radius 1 is 1.08 bits per heavy atom. The Bertz CT molecular complexity index is 758. The molecule has 2 saturated heterocycles. The fourth-order valence-corrected chi connectivity index (χ4v) is 6.37. The number of likely N-dealkylation sites (tertiary alicyclic amines) is 1. The first-order valence-corrected chi connectivity index (χ1v) is 10.5. The van der Waals surface area contributed by atoms with Crippen LogP contribution >= 0.6 is 12.4 Å². The van der Waals surface area contributed by atoms with Gasteiger partial charge in [0.25, 0.3) is 0 Å². The van der Waals surface area contributed by atoms with Crippen LogP contribution in [0.2, 0.25) is 0 Å². The first-order chi connectivity index (χ1) is 12.0. The van der Waals surface area contributed by atoms with Crippen LogP contribution in [0.5, 0.6) is 0 Å². The Hall–Kier alpha value is -1.15. The van der Waals surface area contributed by atoms with E-state index in [1.165, 1.54) is 4.31 Å². The highest BCUT2D eigenvalue weighted by atomic mass is 35.5. The summed E-state index contributed by atoms with van der Waals surface area (Å²) in [6.45, 7) is 1.82. The summed E-state index contributed by atoms with van der Waals surface area (Å²) in [6, 6.07) is 8.00. The van der Waals surface area contributed by atoms with Gasteiger partial charge in [-0.15, -0.1) is 12.4 Å². The second-order valence-corrected chi connectivity index (χ2v) is 9.39. The van der Waals surface area contributed by atoms with Gasteiger partial charge in [-0.25, -0.2) is 8.42 Å². The van der Waals surface area contributed by atoms with Crippen LogP contribution in [-0.2, 0) is 14.8 Å². The molecule has 26 heavy (non-hydrogen) atoms. The molecule has 4 rings (SSSR count). The summed E-state index contributed by atoms with van der Waals surface area (Å²) in [5.41, 5.74) is 6.16. The maximum absolute atomic E-state index is 13.1. The number of carbonyl (C=O) groups is 1. The van der Waals surface area contributed by atoms with Crippen LogP contribution in [-0.4, -0.2) is 55.2 Å². The summed E-state index contributed by atoms with van der Waals surface area (Å²) < 4.78 is 27.3. The number of amides is 1. The standard InChI is InChI=1S/C18H25N3O3S.ClH/c19-16-9-8-13-11-20(12-15(13)16)18(22)17-7-4-10-21(17)25(23,24)14-5-2-1-3-6-14;/h1-3,5-6,13,15-17H,4,7-12,19H2;1H. The van der Waals surface area contributed by atoms with E-state index in [0.717, 1.165) is 25.8 Å². The number of benzene rings is 1. The largest absolute Gasteiger partial charge is 0.341 e. The van der Waals surface area contributed by atoms with Crippen molar-refractivity contribution in [3.8, 4) is 0 Å². The third kappa shape index (κ3) is 3.26. The van der Waals surface area contributed by atoms with Gasteiger partial charge in [0.15, 0.2) is 0 Å². The van der Waals surface area contributed by atoms with Crippen molar-refractivity contribution in [1.82, 2.24) is 9.21 Å². The Morgan fingerprint density at radius 2 is 1.81 bits per heavy atom. The summed E-state index contributed by atoms with van der Waals surface area (Å²) in [4.78, 5) is 15.2. The van der Waals surface area contributed by atoms with Crippen molar-refractivity contribution in [2.75, 3.05) is 19.6 Å². The summed E-state index contributed by atoms with van der Waals surface area (Å²) in [7, 11) is -3.63. The molecule has 2 N–H and O–H groups in total. The van der Waals surface area contributed by atoms with Crippen molar-refractivity contribution in [3.63, 3.8) is 0 Å². The monoisotopic (exact) mass is 399 g/mol. The molecule has 1 saturated carbocycles. The molecule has 1 aliphatic carbocycles. The molecule has 6 nitrogen and oxygen atoms in total. The van der Waals surface area contributed by atoms with Gasteiger partial charge in [0.1, 0.15) is 6.04 Å². The molecule has 1 amide bonds. The van der Waals surface area contributed by atoms with Gasteiger partial charge in [0.2, 0.25) is 15.9 Å². The van der Waals surface area contributed by atoms with Gasteiger partial charge in [0, 0.05) is 25.7 Å². The van der Waals surface area contributed by atoms with Gasteiger partial charge >= 0.3 is 0 Å². The van der Waals surface area contributed by atoms with Gasteiger partial charge in [-0.2, -0.15) is 4.31 Å². The highest BCUT2D eigenvalue weighted by molar-refractivity contribution is 7.89. The van der Waals surface area contributed by atoms with Crippen molar-refractivity contribution >= 4 is 28.3 Å². The Balaban J connectivity index is 0.00000196. The highest BCUT2D eigenvalue weighted by Crippen LogP contribution is 2.38. The summed E-state index contributed by atoms with van der Waals surface area (Å²) >= 11 is 0. The molecule has 2 heterocycles. The smallest absolute Gasteiger partial charge is 0.243 e. The van der Waals surface area contributed by atoms with E-state index in [9.17, 15) is 13.2 Å². The maximum atomic E-state index is 13.1. The number of nitrogens with zero attached hydrogens (tertiary/aromatic N) is 2. The summed E-state index contributed by atoms with van der Waals surface area (Å²) in [6.07, 6.45) is 3.44. The number of halogens is 1. The number of carbonyl (C=O) groups excluding carboxylic acids is 1. The summed E-state index contributed by atoms with van der Waals surface area (Å²) in [5.74, 6) is 0.822. The van der Waals surface area contributed by atoms with Gasteiger partial charge < -0.3 is 10.6 Å². The molecular weight excluding hydrogens is 374 g/mol. The Labute approximate surface area is 161 Å². The van der Waals surface area contributed by atoms with Crippen LogP contribution in [0.1, 0.15) is 25.7 Å². The molecule has 3 fully saturated rings. The van der Waals surface area contributed by atoms with E-state index < -0.39 is 16.1 Å². The molecule has 2 aliphatic heterocycles. The lowest BCUT2D eigenvalue weighted by molar-refractivity contribution is -0.133. The number of hydrogen-bond donors (Lipinski definition) is 1. The zero-order chi connectivity index (χ0) is 17.6. The molecule has 0 spiro atoms. The van der Waals surface area contributed by atoms with E-state index in [2.05, 4.69) is 0 Å². The molecule has 3 aliphatic rings. The zero-order valence-electron chi connectivity index (χ0n) is 14.7. The molecule has 1 aromatic rings. The molecular formula is C18H26ClN3O3S. The average Bonchev–Trinajstić information content (AvgIpc) is 3.32. The highest BCUT2D eigenvalue weighted by Gasteiger charge is 2.47. The van der Waals surface area contributed by atoms with Crippen LogP contribution < -0.4 is 5.73 Å². The lowest BCUT2D eigenvalue weighted by atomic mass is 9.98. The van der Waals surface area contributed by atoms with Crippen LogP contribution in [0.25, 0.3) is 0 Å². The third-order valence-corrected chi connectivity index (χ3v) is 7.98. The number of hydrogen-bond acceptors (Lipinski definition) is 4. The van der Waals surface area contributed by atoms with E-state index in [4.69, 9.17) is 5.73 Å². The second-order valence-electron chi connectivity index (χ2n) is 7.50. The molecule has 0 radical (unpaired) electrons. The molecule has 8 heteroatoms.